The molecule has 0 aromatic heterocycles. The normalized spacial score (nSPS) is 17.2. The summed E-state index contributed by atoms with van der Waals surface area (Å²) in [5.41, 5.74) is 2.84. The SMILES string of the molecule is OCC(O)CN1C=CC2=C(Nc3ccc4c(O)cccc4c3)COC2=C1. The van der Waals surface area contributed by atoms with E-state index in [-0.39, 0.29) is 12.4 Å². The van der Waals surface area contributed by atoms with Crippen LogP contribution >= 0.6 is 0 Å². The topological polar surface area (TPSA) is 85.2 Å². The number of anilines is 1. The van der Waals surface area contributed by atoms with E-state index >= 15 is 0 Å². The van der Waals surface area contributed by atoms with Crippen molar-refractivity contribution in [1.82, 2.24) is 4.90 Å². The highest BCUT2D eigenvalue weighted by Gasteiger charge is 2.23. The zero-order valence-corrected chi connectivity index (χ0v) is 14.1. The molecule has 2 aromatic carbocycles. The first-order chi connectivity index (χ1) is 12.6. The van der Waals surface area contributed by atoms with E-state index in [0.29, 0.717) is 13.2 Å². The Morgan fingerprint density at radius 2 is 2.12 bits per heavy atom. The number of aliphatic hydroxyl groups is 2. The van der Waals surface area contributed by atoms with Crippen molar-refractivity contribution in [3.05, 3.63) is 71.9 Å². The molecule has 0 saturated heterocycles. The van der Waals surface area contributed by atoms with Crippen molar-refractivity contribution in [1.29, 1.82) is 0 Å². The van der Waals surface area contributed by atoms with E-state index in [1.807, 2.05) is 48.8 Å². The molecule has 0 radical (unpaired) electrons. The van der Waals surface area contributed by atoms with Crippen molar-refractivity contribution in [3.8, 4) is 5.75 Å². The fourth-order valence-corrected chi connectivity index (χ4v) is 3.14. The molecule has 0 spiro atoms. The molecule has 2 aliphatic heterocycles. The Bertz CT molecular complexity index is 933. The third kappa shape index (κ3) is 3.12. The first kappa shape index (κ1) is 16.5. The van der Waals surface area contributed by atoms with Crippen molar-refractivity contribution in [3.63, 3.8) is 0 Å². The highest BCUT2D eigenvalue weighted by molar-refractivity contribution is 5.90. The Morgan fingerprint density at radius 1 is 1.23 bits per heavy atom. The van der Waals surface area contributed by atoms with Crippen LogP contribution in [0.25, 0.3) is 10.8 Å². The lowest BCUT2D eigenvalue weighted by Gasteiger charge is -2.22. The molecule has 6 nitrogen and oxygen atoms in total. The van der Waals surface area contributed by atoms with Crippen molar-refractivity contribution in [2.45, 2.75) is 6.10 Å². The number of fused-ring (bicyclic) bond motifs is 2. The summed E-state index contributed by atoms with van der Waals surface area (Å²) in [6.07, 6.45) is 4.81. The molecule has 4 rings (SSSR count). The number of phenols is 1. The maximum Gasteiger partial charge on any atom is 0.145 e. The van der Waals surface area contributed by atoms with Gasteiger partial charge in [0.25, 0.3) is 0 Å². The average Bonchev–Trinajstić information content (AvgIpc) is 3.04. The molecule has 2 aliphatic rings. The summed E-state index contributed by atoms with van der Waals surface area (Å²) in [6.45, 7) is 0.464. The van der Waals surface area contributed by atoms with Crippen molar-refractivity contribution < 1.29 is 20.1 Å². The van der Waals surface area contributed by atoms with Gasteiger partial charge in [-0.05, 0) is 35.7 Å². The number of aliphatic hydroxyl groups excluding tert-OH is 2. The Hall–Kier alpha value is -2.96. The quantitative estimate of drug-likeness (QED) is 0.661. The second kappa shape index (κ2) is 6.74. The van der Waals surface area contributed by atoms with E-state index in [1.54, 1.807) is 11.0 Å². The molecule has 0 bridgehead atoms. The van der Waals surface area contributed by atoms with Crippen LogP contribution in [0.15, 0.2) is 71.9 Å². The summed E-state index contributed by atoms with van der Waals surface area (Å²) in [7, 11) is 0. The summed E-state index contributed by atoms with van der Waals surface area (Å²) >= 11 is 0. The minimum Gasteiger partial charge on any atom is -0.507 e. The van der Waals surface area contributed by atoms with Gasteiger partial charge in [0, 0.05) is 29.0 Å². The Kier molecular flexibility index (Phi) is 4.28. The van der Waals surface area contributed by atoms with Gasteiger partial charge in [0.2, 0.25) is 0 Å². The third-order valence-electron chi connectivity index (χ3n) is 4.46. The largest absolute Gasteiger partial charge is 0.507 e. The molecule has 2 heterocycles. The van der Waals surface area contributed by atoms with Gasteiger partial charge >= 0.3 is 0 Å². The van der Waals surface area contributed by atoms with Crippen molar-refractivity contribution in [2.75, 3.05) is 25.1 Å². The number of benzene rings is 2. The minimum atomic E-state index is -0.796. The minimum absolute atomic E-state index is 0.269. The molecule has 1 atom stereocenters. The van der Waals surface area contributed by atoms with Crippen LogP contribution in [0.2, 0.25) is 0 Å². The number of phenolic OH excluding ortho intramolecular Hbond substituents is 1. The summed E-state index contributed by atoms with van der Waals surface area (Å²) in [4.78, 5) is 1.79. The van der Waals surface area contributed by atoms with E-state index in [1.165, 1.54) is 0 Å². The number of ether oxygens (including phenoxy) is 1. The molecule has 0 saturated carbocycles. The zero-order chi connectivity index (χ0) is 18.1. The van der Waals surface area contributed by atoms with Gasteiger partial charge in [-0.25, -0.2) is 0 Å². The van der Waals surface area contributed by atoms with Crippen LogP contribution in [0.5, 0.6) is 5.75 Å². The van der Waals surface area contributed by atoms with E-state index in [4.69, 9.17) is 9.84 Å². The lowest BCUT2D eigenvalue weighted by Crippen LogP contribution is -2.28. The molecule has 0 aliphatic carbocycles. The average molecular weight is 352 g/mol. The van der Waals surface area contributed by atoms with E-state index < -0.39 is 6.10 Å². The van der Waals surface area contributed by atoms with E-state index in [0.717, 1.165) is 33.5 Å². The predicted molar refractivity (Wildman–Crippen MR) is 99.2 cm³/mol. The number of hydrogen-bond acceptors (Lipinski definition) is 6. The molecule has 0 fully saturated rings. The van der Waals surface area contributed by atoms with Gasteiger partial charge < -0.3 is 30.3 Å². The van der Waals surface area contributed by atoms with E-state index in [2.05, 4.69) is 5.32 Å². The molecule has 6 heteroatoms. The molecule has 2 aromatic rings. The van der Waals surface area contributed by atoms with Crippen LogP contribution < -0.4 is 5.32 Å². The van der Waals surface area contributed by atoms with Gasteiger partial charge in [0.15, 0.2) is 0 Å². The number of allylic oxidation sites excluding steroid dienone is 1. The van der Waals surface area contributed by atoms with Gasteiger partial charge in [-0.2, -0.15) is 0 Å². The second-order valence-electron chi connectivity index (χ2n) is 6.36. The third-order valence-corrected chi connectivity index (χ3v) is 4.46. The first-order valence-electron chi connectivity index (χ1n) is 8.44. The first-order valence-corrected chi connectivity index (χ1v) is 8.44. The van der Waals surface area contributed by atoms with Crippen LogP contribution in [0, 0.1) is 0 Å². The fraction of sp³-hybridized carbons (Fsp3) is 0.200. The number of aromatic hydroxyl groups is 1. The Morgan fingerprint density at radius 3 is 2.96 bits per heavy atom. The standard InChI is InChI=1S/C20H20N2O4/c23-11-15(24)9-22-7-6-17-18(12-26-20(17)10-22)21-14-4-5-16-13(8-14)2-1-3-19(16)25/h1-8,10,15,21,23-25H,9,11-12H2. The molecule has 1 unspecified atom stereocenters. The molecule has 4 N–H and O–H groups in total. The summed E-state index contributed by atoms with van der Waals surface area (Å²) < 4.78 is 5.74. The number of nitrogens with zero attached hydrogens (tertiary/aromatic N) is 1. The Labute approximate surface area is 150 Å². The maximum absolute atomic E-state index is 9.90. The summed E-state index contributed by atoms with van der Waals surface area (Å²) in [6, 6.07) is 11.3. The van der Waals surface area contributed by atoms with Gasteiger partial charge in [-0.3, -0.25) is 0 Å². The lowest BCUT2D eigenvalue weighted by molar-refractivity contribution is 0.0792. The fourth-order valence-electron chi connectivity index (χ4n) is 3.14. The lowest BCUT2D eigenvalue weighted by atomic mass is 10.1. The molecular formula is C20H20N2O4. The number of rotatable bonds is 5. The van der Waals surface area contributed by atoms with Gasteiger partial charge in [0.1, 0.15) is 18.1 Å². The van der Waals surface area contributed by atoms with Crippen LogP contribution in [-0.2, 0) is 4.74 Å². The van der Waals surface area contributed by atoms with Gasteiger partial charge in [-0.15, -0.1) is 0 Å². The van der Waals surface area contributed by atoms with Crippen molar-refractivity contribution >= 4 is 16.5 Å². The van der Waals surface area contributed by atoms with Gasteiger partial charge in [-0.1, -0.05) is 12.1 Å². The number of nitrogens with one attached hydrogen (secondary N) is 1. The molecule has 26 heavy (non-hydrogen) atoms. The molecule has 134 valence electrons. The van der Waals surface area contributed by atoms with Crippen molar-refractivity contribution in [2.24, 2.45) is 0 Å². The van der Waals surface area contributed by atoms with E-state index in [9.17, 15) is 10.2 Å². The highest BCUT2D eigenvalue weighted by Crippen LogP contribution is 2.32. The maximum atomic E-state index is 9.90. The summed E-state index contributed by atoms with van der Waals surface area (Å²) in [5, 5.41) is 33.6. The number of β-amino-alcohol motifs (C(OH)–C–C–N with tert-alkyl or cyclic N) is 1. The van der Waals surface area contributed by atoms with Crippen LogP contribution in [0.1, 0.15) is 0 Å². The highest BCUT2D eigenvalue weighted by atomic mass is 16.5. The van der Waals surface area contributed by atoms with Gasteiger partial charge in [0.05, 0.1) is 25.0 Å². The van der Waals surface area contributed by atoms with Crippen LogP contribution in [0.4, 0.5) is 5.69 Å². The monoisotopic (exact) mass is 352 g/mol. The zero-order valence-electron chi connectivity index (χ0n) is 14.1. The number of hydrogen-bond donors (Lipinski definition) is 4. The molecular weight excluding hydrogens is 332 g/mol. The van der Waals surface area contributed by atoms with Crippen LogP contribution in [-0.4, -0.2) is 46.1 Å². The Balaban J connectivity index is 1.55. The van der Waals surface area contributed by atoms with Crippen LogP contribution in [0.3, 0.4) is 0 Å². The predicted octanol–water partition coefficient (Wildman–Crippen LogP) is 2.27. The summed E-state index contributed by atoms with van der Waals surface area (Å²) in [5.74, 6) is 1.00. The molecule has 0 amide bonds. The second-order valence-corrected chi connectivity index (χ2v) is 6.36. The smallest absolute Gasteiger partial charge is 0.145 e.